The van der Waals surface area contributed by atoms with Crippen molar-refractivity contribution >= 4 is 53.9 Å². The van der Waals surface area contributed by atoms with Gasteiger partial charge in [0.25, 0.3) is 0 Å². The molecule has 0 saturated heterocycles. The van der Waals surface area contributed by atoms with Crippen LogP contribution < -0.4 is 4.74 Å². The smallest absolute Gasteiger partial charge is 0.143 e. The van der Waals surface area contributed by atoms with Gasteiger partial charge in [-0.1, -0.05) is 103 Å². The quantitative estimate of drug-likeness (QED) is 0.163. The number of ether oxygens (including phenoxy) is 1. The van der Waals surface area contributed by atoms with Crippen LogP contribution in [0.25, 0.3) is 76.1 Å². The van der Waals surface area contributed by atoms with Crippen molar-refractivity contribution in [3.05, 3.63) is 133 Å². The first kappa shape index (κ1) is 20.9. The van der Waals surface area contributed by atoms with Gasteiger partial charge in [-0.3, -0.25) is 0 Å². The first-order valence-electron chi connectivity index (χ1n) is 13.4. The molecule has 8 aromatic rings. The van der Waals surface area contributed by atoms with E-state index in [4.69, 9.17) is 4.74 Å². The predicted octanol–water partition coefficient (Wildman–Crippen LogP) is 10.9. The van der Waals surface area contributed by atoms with E-state index in [2.05, 4.69) is 133 Å². The summed E-state index contributed by atoms with van der Waals surface area (Å²) in [6, 6.07) is 48.4. The summed E-state index contributed by atoms with van der Waals surface area (Å²) in [7, 11) is 0. The van der Waals surface area contributed by atoms with Crippen molar-refractivity contribution in [2.24, 2.45) is 0 Å². The molecule has 8 aromatic carbocycles. The first-order chi connectivity index (χ1) is 19.3. The average molecular weight is 495 g/mol. The molecule has 1 nitrogen and oxygen atoms in total. The van der Waals surface area contributed by atoms with Crippen LogP contribution >= 0.6 is 0 Å². The summed E-state index contributed by atoms with van der Waals surface area (Å²) in [5, 5.41) is 12.4. The maximum Gasteiger partial charge on any atom is 0.143 e. The van der Waals surface area contributed by atoms with Gasteiger partial charge in [0.05, 0.1) is 0 Å². The van der Waals surface area contributed by atoms with E-state index in [-0.39, 0.29) is 0 Å². The third-order valence-electron chi connectivity index (χ3n) is 8.40. The Kier molecular flexibility index (Phi) is 4.11. The predicted molar refractivity (Wildman–Crippen MR) is 165 cm³/mol. The van der Waals surface area contributed by atoms with Crippen molar-refractivity contribution in [1.29, 1.82) is 0 Å². The normalized spacial score (nSPS) is 12.3. The van der Waals surface area contributed by atoms with Crippen LogP contribution in [0.1, 0.15) is 0 Å². The van der Waals surface area contributed by atoms with Crippen LogP contribution in [-0.4, -0.2) is 0 Å². The van der Waals surface area contributed by atoms with E-state index in [0.29, 0.717) is 0 Å². The zero-order valence-electron chi connectivity index (χ0n) is 21.1. The zero-order chi connectivity index (χ0) is 25.5. The monoisotopic (exact) mass is 494 g/mol. The fourth-order valence-electron chi connectivity index (χ4n) is 6.61. The fraction of sp³-hybridized carbons (Fsp3) is 0. The minimum Gasteiger partial charge on any atom is -0.455 e. The van der Waals surface area contributed by atoms with E-state index in [1.807, 2.05) is 0 Å². The Hall–Kier alpha value is -5.14. The second-order valence-electron chi connectivity index (χ2n) is 10.5. The summed E-state index contributed by atoms with van der Waals surface area (Å²) in [6.45, 7) is 0. The molecule has 1 heteroatoms. The molecule has 1 aliphatic heterocycles. The highest BCUT2D eigenvalue weighted by atomic mass is 16.5. The van der Waals surface area contributed by atoms with Crippen molar-refractivity contribution in [2.45, 2.75) is 0 Å². The SMILES string of the molecule is c1ccc2cc3c(cc(-c4ccc5c6c(cccc46)Oc4c-5ccc5ccccc45)c4ccccc43)cc2c1. The number of hydrogen-bond acceptors (Lipinski definition) is 1. The largest absolute Gasteiger partial charge is 0.455 e. The van der Waals surface area contributed by atoms with Gasteiger partial charge in [0.2, 0.25) is 0 Å². The fourth-order valence-corrected chi connectivity index (χ4v) is 6.61. The summed E-state index contributed by atoms with van der Waals surface area (Å²) in [6.07, 6.45) is 0. The lowest BCUT2D eigenvalue weighted by molar-refractivity contribution is 0.493. The van der Waals surface area contributed by atoms with Gasteiger partial charge in [0.15, 0.2) is 0 Å². The van der Waals surface area contributed by atoms with Crippen molar-refractivity contribution in [1.82, 2.24) is 0 Å². The molecule has 39 heavy (non-hydrogen) atoms. The third-order valence-corrected chi connectivity index (χ3v) is 8.40. The number of fused-ring (bicyclic) bond motifs is 8. The molecule has 0 aromatic heterocycles. The molecule has 0 N–H and O–H groups in total. The molecular formula is C38H22O. The van der Waals surface area contributed by atoms with Crippen LogP contribution in [0.5, 0.6) is 11.5 Å². The Labute approximate surface area is 225 Å². The van der Waals surface area contributed by atoms with Gasteiger partial charge in [0.1, 0.15) is 11.5 Å². The number of benzene rings is 8. The Morgan fingerprint density at radius 2 is 1.00 bits per heavy atom. The highest BCUT2D eigenvalue weighted by molar-refractivity contribution is 6.20. The van der Waals surface area contributed by atoms with Crippen LogP contribution in [-0.2, 0) is 0 Å². The van der Waals surface area contributed by atoms with E-state index >= 15 is 0 Å². The van der Waals surface area contributed by atoms with Gasteiger partial charge in [-0.05, 0) is 90.1 Å². The highest BCUT2D eigenvalue weighted by Crippen LogP contribution is 2.51. The van der Waals surface area contributed by atoms with Crippen LogP contribution in [0.2, 0.25) is 0 Å². The van der Waals surface area contributed by atoms with E-state index in [1.54, 1.807) is 0 Å². The molecule has 0 spiro atoms. The molecule has 0 amide bonds. The van der Waals surface area contributed by atoms with E-state index in [9.17, 15) is 0 Å². The molecule has 0 radical (unpaired) electrons. The first-order valence-corrected chi connectivity index (χ1v) is 13.4. The van der Waals surface area contributed by atoms with Crippen molar-refractivity contribution in [2.75, 3.05) is 0 Å². The topological polar surface area (TPSA) is 9.23 Å². The maximum absolute atomic E-state index is 6.66. The third kappa shape index (κ3) is 2.90. The lowest BCUT2D eigenvalue weighted by Gasteiger charge is -2.24. The molecule has 0 fully saturated rings. The Morgan fingerprint density at radius 1 is 0.333 bits per heavy atom. The molecule has 180 valence electrons. The van der Waals surface area contributed by atoms with Crippen LogP contribution in [0.3, 0.4) is 0 Å². The average Bonchev–Trinajstić information content (AvgIpc) is 3.00. The summed E-state index contributed by atoms with van der Waals surface area (Å²) in [5.74, 6) is 1.87. The van der Waals surface area contributed by atoms with E-state index in [1.165, 1.54) is 65.2 Å². The summed E-state index contributed by atoms with van der Waals surface area (Å²) in [4.78, 5) is 0. The summed E-state index contributed by atoms with van der Waals surface area (Å²) < 4.78 is 6.66. The Morgan fingerprint density at radius 3 is 1.87 bits per heavy atom. The van der Waals surface area contributed by atoms with Crippen LogP contribution in [0.4, 0.5) is 0 Å². The zero-order valence-corrected chi connectivity index (χ0v) is 21.1. The second kappa shape index (κ2) is 7.69. The lowest BCUT2D eigenvalue weighted by atomic mass is 9.86. The van der Waals surface area contributed by atoms with Crippen molar-refractivity contribution < 1.29 is 4.74 Å². The van der Waals surface area contributed by atoms with E-state index in [0.717, 1.165) is 22.4 Å². The van der Waals surface area contributed by atoms with Gasteiger partial charge >= 0.3 is 0 Å². The van der Waals surface area contributed by atoms with Gasteiger partial charge in [-0.25, -0.2) is 0 Å². The molecule has 0 aliphatic carbocycles. The molecule has 9 rings (SSSR count). The number of rotatable bonds is 1. The molecule has 1 aliphatic rings. The molecule has 0 bridgehead atoms. The molecule has 1 heterocycles. The van der Waals surface area contributed by atoms with Crippen molar-refractivity contribution in [3.63, 3.8) is 0 Å². The Balaban J connectivity index is 1.37. The van der Waals surface area contributed by atoms with Gasteiger partial charge in [0, 0.05) is 16.3 Å². The molecule has 0 unspecified atom stereocenters. The van der Waals surface area contributed by atoms with Gasteiger partial charge in [-0.15, -0.1) is 0 Å². The second-order valence-corrected chi connectivity index (χ2v) is 10.5. The highest BCUT2D eigenvalue weighted by Gasteiger charge is 2.24. The Bertz CT molecular complexity index is 2310. The molecule has 0 saturated carbocycles. The minimum absolute atomic E-state index is 0.921. The van der Waals surface area contributed by atoms with Crippen molar-refractivity contribution in [3.8, 4) is 33.8 Å². The molecular weight excluding hydrogens is 472 g/mol. The van der Waals surface area contributed by atoms with Gasteiger partial charge < -0.3 is 4.74 Å². The van der Waals surface area contributed by atoms with Gasteiger partial charge in [-0.2, -0.15) is 0 Å². The molecule has 0 atom stereocenters. The number of hydrogen-bond donors (Lipinski definition) is 0. The minimum atomic E-state index is 0.921. The van der Waals surface area contributed by atoms with Crippen LogP contribution in [0, 0.1) is 0 Å². The van der Waals surface area contributed by atoms with E-state index < -0.39 is 0 Å². The summed E-state index contributed by atoms with van der Waals surface area (Å²) in [5.41, 5.74) is 4.86. The summed E-state index contributed by atoms with van der Waals surface area (Å²) >= 11 is 0. The lowest BCUT2D eigenvalue weighted by Crippen LogP contribution is -1.99. The van der Waals surface area contributed by atoms with Crippen LogP contribution in [0.15, 0.2) is 133 Å². The maximum atomic E-state index is 6.66. The standard InChI is InChI=1S/C38H22O/c1-2-10-25-21-34-26(20-24(25)9-1)22-35(29-13-6-5-12-28(29)34)30-18-19-32-33-17-16-23-8-3-4-11-27(23)38(33)39-36-15-7-14-31(30)37(32)36/h1-22H.